The molecule has 2 nitrogen and oxygen atoms in total. The number of nitrogen functional groups attached to an aromatic ring is 1. The maximum absolute atomic E-state index is 12.4. The van der Waals surface area contributed by atoms with Crippen molar-refractivity contribution in [1.29, 1.82) is 0 Å². The van der Waals surface area contributed by atoms with E-state index < -0.39 is 11.7 Å². The van der Waals surface area contributed by atoms with Crippen LogP contribution in [-0.2, 0) is 6.18 Å². The second kappa shape index (κ2) is 3.32. The van der Waals surface area contributed by atoms with Crippen molar-refractivity contribution in [1.82, 2.24) is 0 Å². The molecule has 1 saturated carbocycles. The fraction of sp³-hybridized carbons (Fsp3) is 0.400. The van der Waals surface area contributed by atoms with E-state index in [0.717, 1.165) is 25.0 Å². The molecule has 0 bridgehead atoms. The van der Waals surface area contributed by atoms with Gasteiger partial charge < -0.3 is 11.1 Å². The molecule has 1 aliphatic carbocycles. The highest BCUT2D eigenvalue weighted by Crippen LogP contribution is 2.35. The van der Waals surface area contributed by atoms with Crippen molar-refractivity contribution in [2.75, 3.05) is 11.1 Å². The zero-order valence-electron chi connectivity index (χ0n) is 7.93. The quantitative estimate of drug-likeness (QED) is 0.746. The summed E-state index contributed by atoms with van der Waals surface area (Å²) in [5.41, 5.74) is 5.65. The molecule has 1 aromatic rings. The maximum atomic E-state index is 12.4. The van der Waals surface area contributed by atoms with Gasteiger partial charge in [0.25, 0.3) is 0 Å². The fourth-order valence-corrected chi connectivity index (χ4v) is 1.31. The summed E-state index contributed by atoms with van der Waals surface area (Å²) >= 11 is 0. The largest absolute Gasteiger partial charge is 0.416 e. The van der Waals surface area contributed by atoms with Gasteiger partial charge in [-0.2, -0.15) is 13.2 Å². The number of nitrogens with one attached hydrogen (secondary N) is 1. The second-order valence-electron chi connectivity index (χ2n) is 3.72. The van der Waals surface area contributed by atoms with Crippen molar-refractivity contribution < 1.29 is 13.2 Å². The average Bonchev–Trinajstić information content (AvgIpc) is 2.90. The van der Waals surface area contributed by atoms with Gasteiger partial charge in [0.1, 0.15) is 0 Å². The third kappa shape index (κ3) is 2.34. The maximum Gasteiger partial charge on any atom is 0.416 e. The van der Waals surface area contributed by atoms with Crippen molar-refractivity contribution in [2.45, 2.75) is 25.1 Å². The van der Waals surface area contributed by atoms with E-state index in [0.29, 0.717) is 11.4 Å². The van der Waals surface area contributed by atoms with E-state index in [1.54, 1.807) is 0 Å². The molecule has 0 aromatic heterocycles. The summed E-state index contributed by atoms with van der Waals surface area (Å²) in [6.45, 7) is 0. The number of rotatable bonds is 2. The smallest absolute Gasteiger partial charge is 0.397 e. The summed E-state index contributed by atoms with van der Waals surface area (Å²) in [6, 6.07) is 3.63. The van der Waals surface area contributed by atoms with Crippen molar-refractivity contribution in [3.05, 3.63) is 23.8 Å². The SMILES string of the molecule is Nc1ccc(C(F)(F)F)cc1NC1CC1. The van der Waals surface area contributed by atoms with Gasteiger partial charge in [0.2, 0.25) is 0 Å². The van der Waals surface area contributed by atoms with E-state index in [1.165, 1.54) is 6.07 Å². The van der Waals surface area contributed by atoms with Gasteiger partial charge >= 0.3 is 6.18 Å². The van der Waals surface area contributed by atoms with Crippen LogP contribution in [0, 0.1) is 0 Å². The van der Waals surface area contributed by atoms with Crippen molar-refractivity contribution in [2.24, 2.45) is 0 Å². The highest BCUT2D eigenvalue weighted by Gasteiger charge is 2.31. The molecular formula is C10H11F3N2. The predicted octanol–water partition coefficient (Wildman–Crippen LogP) is 2.86. The summed E-state index contributed by atoms with van der Waals surface area (Å²) in [7, 11) is 0. The van der Waals surface area contributed by atoms with Crippen LogP contribution in [-0.4, -0.2) is 6.04 Å². The minimum absolute atomic E-state index is 0.288. The van der Waals surface area contributed by atoms with Crippen LogP contribution in [0.1, 0.15) is 18.4 Å². The first-order chi connectivity index (χ1) is 6.97. The molecule has 15 heavy (non-hydrogen) atoms. The second-order valence-corrected chi connectivity index (χ2v) is 3.72. The van der Waals surface area contributed by atoms with Gasteiger partial charge in [0.05, 0.1) is 16.9 Å². The van der Waals surface area contributed by atoms with Crippen molar-refractivity contribution >= 4 is 11.4 Å². The Kier molecular flexibility index (Phi) is 2.25. The Labute approximate surface area is 85.3 Å². The number of hydrogen-bond donors (Lipinski definition) is 2. The van der Waals surface area contributed by atoms with E-state index in [4.69, 9.17) is 5.73 Å². The third-order valence-electron chi connectivity index (χ3n) is 2.32. The number of halogens is 3. The molecule has 82 valence electrons. The molecule has 0 spiro atoms. The lowest BCUT2D eigenvalue weighted by Gasteiger charge is -2.12. The molecule has 0 saturated heterocycles. The van der Waals surface area contributed by atoms with Crippen molar-refractivity contribution in [3.63, 3.8) is 0 Å². The van der Waals surface area contributed by atoms with Gasteiger partial charge in [0.15, 0.2) is 0 Å². The Balaban J connectivity index is 2.27. The molecular weight excluding hydrogens is 205 g/mol. The van der Waals surface area contributed by atoms with Crippen LogP contribution in [0.4, 0.5) is 24.5 Å². The van der Waals surface area contributed by atoms with Crippen LogP contribution >= 0.6 is 0 Å². The molecule has 3 N–H and O–H groups in total. The zero-order valence-corrected chi connectivity index (χ0v) is 7.93. The molecule has 0 heterocycles. The lowest BCUT2D eigenvalue weighted by Crippen LogP contribution is -2.09. The van der Waals surface area contributed by atoms with Crippen LogP contribution in [0.2, 0.25) is 0 Å². The summed E-state index contributed by atoms with van der Waals surface area (Å²) < 4.78 is 37.2. The highest BCUT2D eigenvalue weighted by atomic mass is 19.4. The molecule has 1 fully saturated rings. The molecule has 1 aromatic carbocycles. The Morgan fingerprint density at radius 3 is 2.47 bits per heavy atom. The Hall–Kier alpha value is -1.39. The van der Waals surface area contributed by atoms with Gasteiger partial charge in [0, 0.05) is 6.04 Å². The Morgan fingerprint density at radius 1 is 1.27 bits per heavy atom. The van der Waals surface area contributed by atoms with Crippen LogP contribution in [0.3, 0.4) is 0 Å². The minimum atomic E-state index is -4.31. The Bertz CT molecular complexity index is 369. The van der Waals surface area contributed by atoms with E-state index in [2.05, 4.69) is 5.32 Å². The van der Waals surface area contributed by atoms with E-state index >= 15 is 0 Å². The topological polar surface area (TPSA) is 38.0 Å². The first kappa shape index (κ1) is 10.1. The molecule has 2 rings (SSSR count). The summed E-state index contributed by atoms with van der Waals surface area (Å²) in [5.74, 6) is 0. The van der Waals surface area contributed by atoms with E-state index in [1.807, 2.05) is 0 Å². The summed E-state index contributed by atoms with van der Waals surface area (Å²) in [6.07, 6.45) is -2.32. The lowest BCUT2D eigenvalue weighted by atomic mass is 10.1. The van der Waals surface area contributed by atoms with E-state index in [-0.39, 0.29) is 6.04 Å². The number of alkyl halides is 3. The van der Waals surface area contributed by atoms with Gasteiger partial charge in [-0.3, -0.25) is 0 Å². The predicted molar refractivity (Wildman–Crippen MR) is 52.5 cm³/mol. The number of nitrogens with two attached hydrogens (primary N) is 1. The van der Waals surface area contributed by atoms with E-state index in [9.17, 15) is 13.2 Å². The first-order valence-electron chi connectivity index (χ1n) is 4.70. The monoisotopic (exact) mass is 216 g/mol. The average molecular weight is 216 g/mol. The highest BCUT2D eigenvalue weighted by molar-refractivity contribution is 5.68. The third-order valence-corrected chi connectivity index (χ3v) is 2.32. The van der Waals surface area contributed by atoms with Crippen LogP contribution in [0.5, 0.6) is 0 Å². The van der Waals surface area contributed by atoms with Crippen LogP contribution in [0.15, 0.2) is 18.2 Å². The van der Waals surface area contributed by atoms with Gasteiger partial charge in [-0.1, -0.05) is 0 Å². The number of benzene rings is 1. The first-order valence-corrected chi connectivity index (χ1v) is 4.70. The lowest BCUT2D eigenvalue weighted by molar-refractivity contribution is -0.137. The molecule has 1 aliphatic rings. The van der Waals surface area contributed by atoms with Crippen LogP contribution < -0.4 is 11.1 Å². The molecule has 0 atom stereocenters. The minimum Gasteiger partial charge on any atom is -0.397 e. The number of anilines is 2. The van der Waals surface area contributed by atoms with Crippen LogP contribution in [0.25, 0.3) is 0 Å². The molecule has 5 heteroatoms. The van der Waals surface area contributed by atoms with Crippen molar-refractivity contribution in [3.8, 4) is 0 Å². The standard InChI is InChI=1S/C10H11F3N2/c11-10(12,13)6-1-4-8(14)9(5-6)15-7-2-3-7/h1,4-5,7,15H,2-3,14H2. The summed E-state index contributed by atoms with van der Waals surface area (Å²) in [4.78, 5) is 0. The molecule has 0 amide bonds. The summed E-state index contributed by atoms with van der Waals surface area (Å²) in [5, 5.41) is 2.97. The zero-order chi connectivity index (χ0) is 11.1. The fourth-order valence-electron chi connectivity index (χ4n) is 1.31. The van der Waals surface area contributed by atoms with Gasteiger partial charge in [-0.15, -0.1) is 0 Å². The number of hydrogen-bond acceptors (Lipinski definition) is 2. The molecule has 0 unspecified atom stereocenters. The molecule has 0 radical (unpaired) electrons. The molecule has 0 aliphatic heterocycles. The van der Waals surface area contributed by atoms with Gasteiger partial charge in [-0.25, -0.2) is 0 Å². The Morgan fingerprint density at radius 2 is 1.93 bits per heavy atom. The normalized spacial score (nSPS) is 16.5. The van der Waals surface area contributed by atoms with Gasteiger partial charge in [-0.05, 0) is 31.0 Å².